The SMILES string of the molecule is O=C(Cc1cccc(Cl)c1)N1Cc2ccccc2C(O)C1. The van der Waals surface area contributed by atoms with Gasteiger partial charge in [-0.2, -0.15) is 0 Å². The Kier molecular flexibility index (Phi) is 3.95. The van der Waals surface area contributed by atoms with Gasteiger partial charge in [-0.3, -0.25) is 4.79 Å². The van der Waals surface area contributed by atoms with Crippen molar-refractivity contribution in [1.82, 2.24) is 4.90 Å². The van der Waals surface area contributed by atoms with Crippen molar-refractivity contribution >= 4 is 17.5 Å². The minimum atomic E-state index is -0.613. The minimum absolute atomic E-state index is 0.00539. The van der Waals surface area contributed by atoms with E-state index in [1.807, 2.05) is 36.4 Å². The second-order valence-corrected chi connectivity index (χ2v) is 5.73. The van der Waals surface area contributed by atoms with Gasteiger partial charge in [-0.05, 0) is 28.8 Å². The number of fused-ring (bicyclic) bond motifs is 1. The predicted octanol–water partition coefficient (Wildman–Crippen LogP) is 2.96. The number of benzene rings is 2. The molecule has 1 aliphatic rings. The van der Waals surface area contributed by atoms with E-state index in [9.17, 15) is 9.90 Å². The minimum Gasteiger partial charge on any atom is -0.387 e. The van der Waals surface area contributed by atoms with Gasteiger partial charge < -0.3 is 10.0 Å². The van der Waals surface area contributed by atoms with Gasteiger partial charge in [0.25, 0.3) is 0 Å². The summed E-state index contributed by atoms with van der Waals surface area (Å²) >= 11 is 5.94. The number of halogens is 1. The van der Waals surface area contributed by atoms with E-state index >= 15 is 0 Å². The van der Waals surface area contributed by atoms with E-state index in [-0.39, 0.29) is 5.91 Å². The summed E-state index contributed by atoms with van der Waals surface area (Å²) in [6, 6.07) is 15.0. The van der Waals surface area contributed by atoms with Gasteiger partial charge in [-0.25, -0.2) is 0 Å². The maximum Gasteiger partial charge on any atom is 0.227 e. The Morgan fingerprint density at radius 2 is 2.05 bits per heavy atom. The summed E-state index contributed by atoms with van der Waals surface area (Å²) in [6.07, 6.45) is -0.312. The molecule has 0 saturated carbocycles. The summed E-state index contributed by atoms with van der Waals surface area (Å²) < 4.78 is 0. The molecule has 2 aromatic carbocycles. The maximum atomic E-state index is 12.4. The molecule has 3 nitrogen and oxygen atoms in total. The summed E-state index contributed by atoms with van der Waals surface area (Å²) in [5, 5.41) is 10.8. The van der Waals surface area contributed by atoms with Gasteiger partial charge in [-0.1, -0.05) is 48.0 Å². The lowest BCUT2D eigenvalue weighted by atomic mass is 9.97. The Labute approximate surface area is 128 Å². The highest BCUT2D eigenvalue weighted by molar-refractivity contribution is 6.30. The zero-order valence-corrected chi connectivity index (χ0v) is 12.3. The van der Waals surface area contributed by atoms with Crippen LogP contribution in [-0.4, -0.2) is 22.5 Å². The van der Waals surface area contributed by atoms with Crippen LogP contribution >= 0.6 is 11.6 Å². The normalized spacial score (nSPS) is 17.4. The van der Waals surface area contributed by atoms with E-state index < -0.39 is 6.10 Å². The molecule has 1 heterocycles. The molecule has 0 aromatic heterocycles. The first kappa shape index (κ1) is 14.1. The van der Waals surface area contributed by atoms with Crippen molar-refractivity contribution in [1.29, 1.82) is 0 Å². The Morgan fingerprint density at radius 1 is 1.24 bits per heavy atom. The summed E-state index contributed by atoms with van der Waals surface area (Å²) in [7, 11) is 0. The molecule has 0 radical (unpaired) electrons. The van der Waals surface area contributed by atoms with Gasteiger partial charge >= 0.3 is 0 Å². The van der Waals surface area contributed by atoms with Crippen molar-refractivity contribution in [2.75, 3.05) is 6.54 Å². The van der Waals surface area contributed by atoms with Crippen molar-refractivity contribution < 1.29 is 9.90 Å². The van der Waals surface area contributed by atoms with Crippen LogP contribution in [0.15, 0.2) is 48.5 Å². The third kappa shape index (κ3) is 3.09. The fourth-order valence-electron chi connectivity index (χ4n) is 2.70. The van der Waals surface area contributed by atoms with Gasteiger partial charge in [0.2, 0.25) is 5.91 Å². The summed E-state index contributed by atoms with van der Waals surface area (Å²) in [4.78, 5) is 14.1. The first-order valence-corrected chi connectivity index (χ1v) is 7.29. The van der Waals surface area contributed by atoms with Crippen molar-refractivity contribution in [2.45, 2.75) is 19.1 Å². The van der Waals surface area contributed by atoms with E-state index in [1.54, 1.807) is 17.0 Å². The lowest BCUT2D eigenvalue weighted by Gasteiger charge is -2.32. The number of aliphatic hydroxyl groups excluding tert-OH is 1. The molecule has 108 valence electrons. The third-order valence-electron chi connectivity index (χ3n) is 3.77. The Hall–Kier alpha value is -1.84. The Balaban J connectivity index is 1.75. The number of aliphatic hydroxyl groups is 1. The average Bonchev–Trinajstić information content (AvgIpc) is 2.47. The molecular formula is C17H16ClNO2. The quantitative estimate of drug-likeness (QED) is 0.926. The molecule has 0 spiro atoms. The van der Waals surface area contributed by atoms with Gasteiger partial charge in [0.05, 0.1) is 19.1 Å². The predicted molar refractivity (Wildman–Crippen MR) is 82.0 cm³/mol. The van der Waals surface area contributed by atoms with Crippen LogP contribution in [0.1, 0.15) is 22.8 Å². The zero-order valence-electron chi connectivity index (χ0n) is 11.5. The third-order valence-corrected chi connectivity index (χ3v) is 4.00. The first-order valence-electron chi connectivity index (χ1n) is 6.91. The number of amides is 1. The van der Waals surface area contributed by atoms with E-state index in [0.29, 0.717) is 24.5 Å². The number of carbonyl (C=O) groups excluding carboxylic acids is 1. The molecule has 4 heteroatoms. The van der Waals surface area contributed by atoms with E-state index in [0.717, 1.165) is 16.7 Å². The second-order valence-electron chi connectivity index (χ2n) is 5.30. The standard InChI is InChI=1S/C17H16ClNO2/c18-14-6-3-4-12(8-14)9-17(21)19-10-13-5-1-2-7-15(13)16(20)11-19/h1-8,16,20H,9-11H2. The topological polar surface area (TPSA) is 40.5 Å². The van der Waals surface area contributed by atoms with Crippen molar-refractivity contribution in [3.8, 4) is 0 Å². The number of β-amino-alcohol motifs (C(OH)–C–C–N with tert-alkyl or cyclic N) is 1. The van der Waals surface area contributed by atoms with Crippen LogP contribution in [0.4, 0.5) is 0 Å². The summed E-state index contributed by atoms with van der Waals surface area (Å²) in [5.41, 5.74) is 2.82. The smallest absolute Gasteiger partial charge is 0.227 e. The van der Waals surface area contributed by atoms with Gasteiger partial charge in [0.15, 0.2) is 0 Å². The summed E-state index contributed by atoms with van der Waals surface area (Å²) in [6.45, 7) is 0.892. The molecule has 2 aromatic rings. The molecule has 1 N–H and O–H groups in total. The van der Waals surface area contributed by atoms with Crippen LogP contribution < -0.4 is 0 Å². The van der Waals surface area contributed by atoms with Crippen LogP contribution in [0.25, 0.3) is 0 Å². The lowest BCUT2D eigenvalue weighted by Crippen LogP contribution is -2.39. The molecule has 1 atom stereocenters. The Morgan fingerprint density at radius 3 is 2.86 bits per heavy atom. The molecule has 3 rings (SSSR count). The fourth-order valence-corrected chi connectivity index (χ4v) is 2.92. The highest BCUT2D eigenvalue weighted by atomic mass is 35.5. The molecule has 1 unspecified atom stereocenters. The molecular weight excluding hydrogens is 286 g/mol. The number of rotatable bonds is 2. The van der Waals surface area contributed by atoms with Crippen LogP contribution in [-0.2, 0) is 17.8 Å². The number of hydrogen-bond acceptors (Lipinski definition) is 2. The molecule has 1 aliphatic heterocycles. The van der Waals surface area contributed by atoms with E-state index in [4.69, 9.17) is 11.6 Å². The van der Waals surface area contributed by atoms with E-state index in [1.165, 1.54) is 0 Å². The molecule has 0 saturated heterocycles. The van der Waals surface area contributed by atoms with Crippen LogP contribution in [0.2, 0.25) is 5.02 Å². The number of carbonyl (C=O) groups is 1. The summed E-state index contributed by atoms with van der Waals surface area (Å²) in [5.74, 6) is 0.00539. The highest BCUT2D eigenvalue weighted by Gasteiger charge is 2.26. The van der Waals surface area contributed by atoms with Crippen LogP contribution in [0, 0.1) is 0 Å². The Bertz CT molecular complexity index is 671. The molecule has 0 fully saturated rings. The molecule has 1 amide bonds. The molecule has 0 aliphatic carbocycles. The first-order chi connectivity index (χ1) is 10.1. The highest BCUT2D eigenvalue weighted by Crippen LogP contribution is 2.26. The average molecular weight is 302 g/mol. The van der Waals surface area contributed by atoms with Crippen LogP contribution in [0.5, 0.6) is 0 Å². The lowest BCUT2D eigenvalue weighted by molar-refractivity contribution is -0.133. The number of nitrogens with zero attached hydrogens (tertiary/aromatic N) is 1. The zero-order chi connectivity index (χ0) is 14.8. The monoisotopic (exact) mass is 301 g/mol. The molecule has 0 bridgehead atoms. The van der Waals surface area contributed by atoms with Crippen molar-refractivity contribution in [3.63, 3.8) is 0 Å². The second kappa shape index (κ2) is 5.88. The number of hydrogen-bond donors (Lipinski definition) is 1. The van der Waals surface area contributed by atoms with Gasteiger partial charge in [0, 0.05) is 11.6 Å². The van der Waals surface area contributed by atoms with Crippen molar-refractivity contribution in [3.05, 3.63) is 70.2 Å². The van der Waals surface area contributed by atoms with Gasteiger partial charge in [-0.15, -0.1) is 0 Å². The maximum absolute atomic E-state index is 12.4. The van der Waals surface area contributed by atoms with Crippen molar-refractivity contribution in [2.24, 2.45) is 0 Å². The largest absolute Gasteiger partial charge is 0.387 e. The fraction of sp³-hybridized carbons (Fsp3) is 0.235. The molecule has 21 heavy (non-hydrogen) atoms. The van der Waals surface area contributed by atoms with E-state index in [2.05, 4.69) is 0 Å². The van der Waals surface area contributed by atoms with Gasteiger partial charge in [0.1, 0.15) is 0 Å². The van der Waals surface area contributed by atoms with Crippen LogP contribution in [0.3, 0.4) is 0 Å².